The summed E-state index contributed by atoms with van der Waals surface area (Å²) in [7, 11) is 0. The Kier molecular flexibility index (Phi) is 4.04. The standard InChI is InChI=1S/C17H24N4OS/c1-9(15(22)21-17(3,4)5)18-14-13-11-7-6-8-12(11)23-16(13)20-10(2)19-14/h9H,6-8H2,1-5H3,(H,21,22)(H,18,19,20)/t9-/m1/s1. The minimum absolute atomic E-state index is 0.0196. The van der Waals surface area contributed by atoms with Crippen LogP contribution in [0, 0.1) is 6.92 Å². The average molecular weight is 332 g/mol. The third kappa shape index (κ3) is 3.32. The van der Waals surface area contributed by atoms with E-state index in [1.807, 2.05) is 34.6 Å². The Labute approximate surface area is 140 Å². The molecule has 2 N–H and O–H groups in total. The van der Waals surface area contributed by atoms with E-state index in [1.54, 1.807) is 11.3 Å². The fourth-order valence-electron chi connectivity index (χ4n) is 2.96. The van der Waals surface area contributed by atoms with Crippen LogP contribution < -0.4 is 10.6 Å². The maximum Gasteiger partial charge on any atom is 0.242 e. The Balaban J connectivity index is 1.92. The molecule has 0 aromatic carbocycles. The van der Waals surface area contributed by atoms with Gasteiger partial charge in [-0.2, -0.15) is 0 Å². The van der Waals surface area contributed by atoms with Gasteiger partial charge in [-0.05, 0) is 59.4 Å². The molecule has 6 heteroatoms. The van der Waals surface area contributed by atoms with Crippen molar-refractivity contribution in [2.75, 3.05) is 5.32 Å². The fraction of sp³-hybridized carbons (Fsp3) is 0.588. The number of anilines is 1. The van der Waals surface area contributed by atoms with Gasteiger partial charge in [0.05, 0.1) is 5.39 Å². The Hall–Kier alpha value is -1.69. The lowest BCUT2D eigenvalue weighted by Gasteiger charge is -2.24. The van der Waals surface area contributed by atoms with Crippen molar-refractivity contribution in [3.8, 4) is 0 Å². The summed E-state index contributed by atoms with van der Waals surface area (Å²) >= 11 is 1.77. The van der Waals surface area contributed by atoms with Crippen LogP contribution in [0.25, 0.3) is 10.2 Å². The number of hydrogen-bond donors (Lipinski definition) is 2. The number of carbonyl (C=O) groups is 1. The number of rotatable bonds is 3. The first kappa shape index (κ1) is 16.2. The number of carbonyl (C=O) groups excluding carboxylic acids is 1. The molecule has 0 aliphatic heterocycles. The number of amides is 1. The summed E-state index contributed by atoms with van der Waals surface area (Å²) < 4.78 is 0. The van der Waals surface area contributed by atoms with Gasteiger partial charge in [0.1, 0.15) is 22.5 Å². The SMILES string of the molecule is Cc1nc(N[C@H](C)C(=O)NC(C)(C)C)c2c3c(sc2n1)CCC3. The molecule has 0 saturated heterocycles. The summed E-state index contributed by atoms with van der Waals surface area (Å²) in [4.78, 5) is 24.0. The van der Waals surface area contributed by atoms with Gasteiger partial charge in [0.15, 0.2) is 0 Å². The second kappa shape index (κ2) is 5.74. The number of aromatic nitrogens is 2. The van der Waals surface area contributed by atoms with Gasteiger partial charge in [-0.15, -0.1) is 11.3 Å². The molecule has 0 spiro atoms. The van der Waals surface area contributed by atoms with Crippen molar-refractivity contribution in [2.45, 2.75) is 65.5 Å². The van der Waals surface area contributed by atoms with E-state index < -0.39 is 0 Å². The van der Waals surface area contributed by atoms with Crippen LogP contribution in [0.3, 0.4) is 0 Å². The molecule has 1 atom stereocenters. The van der Waals surface area contributed by atoms with Gasteiger partial charge in [-0.25, -0.2) is 9.97 Å². The Morgan fingerprint density at radius 3 is 2.70 bits per heavy atom. The highest BCUT2D eigenvalue weighted by Crippen LogP contribution is 2.39. The van der Waals surface area contributed by atoms with Crippen LogP contribution >= 0.6 is 11.3 Å². The zero-order valence-electron chi connectivity index (χ0n) is 14.4. The van der Waals surface area contributed by atoms with Crippen molar-refractivity contribution in [1.29, 1.82) is 0 Å². The molecular weight excluding hydrogens is 308 g/mol. The number of aryl methyl sites for hydroxylation is 3. The molecule has 3 rings (SSSR count). The van der Waals surface area contributed by atoms with Crippen LogP contribution in [-0.4, -0.2) is 27.5 Å². The number of nitrogens with zero attached hydrogens (tertiary/aromatic N) is 2. The number of hydrogen-bond acceptors (Lipinski definition) is 5. The average Bonchev–Trinajstić information content (AvgIpc) is 2.95. The second-order valence-electron chi connectivity index (χ2n) is 7.26. The predicted molar refractivity (Wildman–Crippen MR) is 95.2 cm³/mol. The van der Waals surface area contributed by atoms with E-state index in [0.29, 0.717) is 0 Å². The molecule has 0 fully saturated rings. The summed E-state index contributed by atoms with van der Waals surface area (Å²) in [6, 6.07) is -0.344. The summed E-state index contributed by atoms with van der Waals surface area (Å²) in [6.07, 6.45) is 3.42. The summed E-state index contributed by atoms with van der Waals surface area (Å²) in [5.74, 6) is 1.51. The van der Waals surface area contributed by atoms with E-state index in [1.165, 1.54) is 16.9 Å². The molecule has 0 radical (unpaired) electrons. The summed E-state index contributed by atoms with van der Waals surface area (Å²) in [5.41, 5.74) is 1.13. The second-order valence-corrected chi connectivity index (χ2v) is 8.35. The molecule has 23 heavy (non-hydrogen) atoms. The Bertz CT molecular complexity index is 760. The van der Waals surface area contributed by atoms with E-state index in [0.717, 1.165) is 34.7 Å². The number of nitrogens with one attached hydrogen (secondary N) is 2. The maximum absolute atomic E-state index is 12.3. The first-order valence-corrected chi connectivity index (χ1v) is 8.94. The van der Waals surface area contributed by atoms with Crippen LogP contribution in [0.2, 0.25) is 0 Å². The van der Waals surface area contributed by atoms with Crippen LogP contribution in [0.1, 0.15) is 50.4 Å². The van der Waals surface area contributed by atoms with Gasteiger partial charge < -0.3 is 10.6 Å². The van der Waals surface area contributed by atoms with Gasteiger partial charge in [-0.3, -0.25) is 4.79 Å². The van der Waals surface area contributed by atoms with Crippen LogP contribution in [0.5, 0.6) is 0 Å². The largest absolute Gasteiger partial charge is 0.358 e. The quantitative estimate of drug-likeness (QED) is 0.906. The van der Waals surface area contributed by atoms with E-state index >= 15 is 0 Å². The van der Waals surface area contributed by atoms with Crippen molar-refractivity contribution >= 4 is 33.3 Å². The van der Waals surface area contributed by atoms with E-state index in [4.69, 9.17) is 0 Å². The van der Waals surface area contributed by atoms with E-state index in [-0.39, 0.29) is 17.5 Å². The first-order valence-electron chi connectivity index (χ1n) is 8.12. The van der Waals surface area contributed by atoms with E-state index in [2.05, 4.69) is 20.6 Å². The van der Waals surface area contributed by atoms with Crippen LogP contribution in [0.4, 0.5) is 5.82 Å². The molecule has 2 aromatic rings. The van der Waals surface area contributed by atoms with Crippen molar-refractivity contribution in [3.63, 3.8) is 0 Å². The number of fused-ring (bicyclic) bond motifs is 3. The van der Waals surface area contributed by atoms with Crippen molar-refractivity contribution in [3.05, 3.63) is 16.3 Å². The Morgan fingerprint density at radius 1 is 1.26 bits per heavy atom. The van der Waals surface area contributed by atoms with Gasteiger partial charge >= 0.3 is 0 Å². The molecule has 2 heterocycles. The first-order chi connectivity index (χ1) is 10.7. The molecule has 2 aromatic heterocycles. The molecule has 1 aliphatic rings. The third-order valence-electron chi connectivity index (χ3n) is 3.92. The topological polar surface area (TPSA) is 66.9 Å². The zero-order valence-corrected chi connectivity index (χ0v) is 15.2. The van der Waals surface area contributed by atoms with Gasteiger partial charge in [0.25, 0.3) is 0 Å². The normalized spacial score (nSPS) is 15.5. The minimum Gasteiger partial charge on any atom is -0.358 e. The highest BCUT2D eigenvalue weighted by atomic mass is 32.1. The fourth-order valence-corrected chi connectivity index (χ4v) is 4.26. The molecule has 0 unspecified atom stereocenters. The Morgan fingerprint density at radius 2 is 2.00 bits per heavy atom. The lowest BCUT2D eigenvalue weighted by atomic mass is 10.1. The van der Waals surface area contributed by atoms with Crippen molar-refractivity contribution in [1.82, 2.24) is 15.3 Å². The molecule has 124 valence electrons. The highest BCUT2D eigenvalue weighted by molar-refractivity contribution is 7.19. The molecule has 0 saturated carbocycles. The third-order valence-corrected chi connectivity index (χ3v) is 5.11. The smallest absolute Gasteiger partial charge is 0.242 e. The van der Waals surface area contributed by atoms with Crippen LogP contribution in [0.15, 0.2) is 0 Å². The van der Waals surface area contributed by atoms with Crippen molar-refractivity contribution < 1.29 is 4.79 Å². The monoisotopic (exact) mass is 332 g/mol. The predicted octanol–water partition coefficient (Wildman–Crippen LogP) is 3.20. The number of thiophene rings is 1. The summed E-state index contributed by atoms with van der Waals surface area (Å²) in [6.45, 7) is 9.72. The molecule has 5 nitrogen and oxygen atoms in total. The lowest BCUT2D eigenvalue weighted by molar-refractivity contribution is -0.122. The molecule has 1 amide bonds. The lowest BCUT2D eigenvalue weighted by Crippen LogP contribution is -2.47. The highest BCUT2D eigenvalue weighted by Gasteiger charge is 2.24. The van der Waals surface area contributed by atoms with E-state index in [9.17, 15) is 4.79 Å². The van der Waals surface area contributed by atoms with Gasteiger partial charge in [0.2, 0.25) is 5.91 Å². The van der Waals surface area contributed by atoms with Gasteiger partial charge in [-0.1, -0.05) is 0 Å². The molecule has 1 aliphatic carbocycles. The maximum atomic E-state index is 12.3. The summed E-state index contributed by atoms with van der Waals surface area (Å²) in [5, 5.41) is 7.43. The molecule has 0 bridgehead atoms. The molecular formula is C17H24N4OS. The van der Waals surface area contributed by atoms with Crippen molar-refractivity contribution in [2.24, 2.45) is 0 Å². The van der Waals surface area contributed by atoms with Crippen LogP contribution in [-0.2, 0) is 17.6 Å². The zero-order chi connectivity index (χ0) is 16.8. The minimum atomic E-state index is -0.344. The van der Waals surface area contributed by atoms with Gasteiger partial charge in [0, 0.05) is 10.4 Å².